The van der Waals surface area contributed by atoms with Crippen molar-refractivity contribution in [1.29, 1.82) is 0 Å². The largest absolute Gasteiger partial charge is 0.319 e. The summed E-state index contributed by atoms with van der Waals surface area (Å²) < 4.78 is 26.0. The van der Waals surface area contributed by atoms with Gasteiger partial charge in [-0.2, -0.15) is 0 Å². The van der Waals surface area contributed by atoms with Gasteiger partial charge in [-0.25, -0.2) is 8.78 Å². The third-order valence-electron chi connectivity index (χ3n) is 3.63. The average molecular weight is 254 g/mol. The van der Waals surface area contributed by atoms with Crippen LogP contribution in [0.25, 0.3) is 0 Å². The maximum absolute atomic E-state index is 13.1. The van der Waals surface area contributed by atoms with Gasteiger partial charge in [0.1, 0.15) is 0 Å². The number of likely N-dealkylation sites (tertiary alicyclic amines) is 1. The second-order valence-electron chi connectivity index (χ2n) is 5.55. The number of benzene rings is 1. The van der Waals surface area contributed by atoms with E-state index < -0.39 is 11.6 Å². The molecule has 1 atom stereocenters. The Morgan fingerprint density at radius 3 is 2.78 bits per heavy atom. The highest BCUT2D eigenvalue weighted by Gasteiger charge is 2.32. The van der Waals surface area contributed by atoms with Crippen molar-refractivity contribution in [2.24, 2.45) is 5.41 Å². The van der Waals surface area contributed by atoms with Crippen LogP contribution < -0.4 is 5.32 Å². The molecule has 1 aliphatic rings. The second kappa shape index (κ2) is 5.33. The van der Waals surface area contributed by atoms with E-state index in [0.29, 0.717) is 6.54 Å². The molecule has 1 aliphatic heterocycles. The van der Waals surface area contributed by atoms with E-state index in [2.05, 4.69) is 17.1 Å². The van der Waals surface area contributed by atoms with Gasteiger partial charge in [-0.05, 0) is 43.1 Å². The summed E-state index contributed by atoms with van der Waals surface area (Å²) >= 11 is 0. The first-order valence-corrected chi connectivity index (χ1v) is 6.33. The number of hydrogen-bond donors (Lipinski definition) is 1. The molecule has 1 unspecified atom stereocenters. The number of nitrogens with one attached hydrogen (secondary N) is 1. The van der Waals surface area contributed by atoms with Crippen molar-refractivity contribution in [2.75, 3.05) is 26.7 Å². The molecule has 0 amide bonds. The van der Waals surface area contributed by atoms with Gasteiger partial charge in [0.05, 0.1) is 0 Å². The summed E-state index contributed by atoms with van der Waals surface area (Å²) in [6, 6.07) is 4.16. The molecule has 4 heteroatoms. The molecule has 0 spiro atoms. The molecular formula is C14H20F2N2. The molecular weight excluding hydrogens is 234 g/mol. The molecule has 1 heterocycles. The van der Waals surface area contributed by atoms with Crippen molar-refractivity contribution in [2.45, 2.75) is 19.9 Å². The standard InChI is InChI=1S/C14H20F2N2/c1-14(9-17-2)5-6-18(10-14)8-11-3-4-12(15)13(16)7-11/h3-4,7,17H,5-6,8-10H2,1-2H3. The molecule has 1 N–H and O–H groups in total. The molecule has 1 saturated heterocycles. The molecule has 0 saturated carbocycles. The third-order valence-corrected chi connectivity index (χ3v) is 3.63. The van der Waals surface area contributed by atoms with Gasteiger partial charge in [-0.3, -0.25) is 4.90 Å². The van der Waals surface area contributed by atoms with Crippen LogP contribution in [-0.4, -0.2) is 31.6 Å². The van der Waals surface area contributed by atoms with Crippen molar-refractivity contribution < 1.29 is 8.78 Å². The smallest absolute Gasteiger partial charge is 0.159 e. The fourth-order valence-corrected chi connectivity index (χ4v) is 2.73. The SMILES string of the molecule is CNCC1(C)CCN(Cc2ccc(F)c(F)c2)C1. The fourth-order valence-electron chi connectivity index (χ4n) is 2.73. The summed E-state index contributed by atoms with van der Waals surface area (Å²) in [5.74, 6) is -1.54. The Morgan fingerprint density at radius 2 is 2.11 bits per heavy atom. The minimum absolute atomic E-state index is 0.285. The Balaban J connectivity index is 1.97. The van der Waals surface area contributed by atoms with E-state index in [1.807, 2.05) is 7.05 Å². The number of halogens is 2. The summed E-state index contributed by atoms with van der Waals surface area (Å²) in [7, 11) is 1.96. The van der Waals surface area contributed by atoms with Gasteiger partial charge in [-0.1, -0.05) is 13.0 Å². The second-order valence-corrected chi connectivity index (χ2v) is 5.55. The van der Waals surface area contributed by atoms with Gasteiger partial charge >= 0.3 is 0 Å². The van der Waals surface area contributed by atoms with Crippen LogP contribution in [0.4, 0.5) is 8.78 Å². The van der Waals surface area contributed by atoms with Crippen LogP contribution in [0.2, 0.25) is 0 Å². The highest BCUT2D eigenvalue weighted by molar-refractivity contribution is 5.18. The van der Waals surface area contributed by atoms with E-state index in [1.165, 1.54) is 12.1 Å². The normalized spacial score (nSPS) is 24.7. The fraction of sp³-hybridized carbons (Fsp3) is 0.571. The van der Waals surface area contributed by atoms with Crippen molar-refractivity contribution in [1.82, 2.24) is 10.2 Å². The molecule has 2 nitrogen and oxygen atoms in total. The minimum Gasteiger partial charge on any atom is -0.319 e. The van der Waals surface area contributed by atoms with Crippen LogP contribution in [-0.2, 0) is 6.54 Å². The zero-order valence-electron chi connectivity index (χ0n) is 11.0. The summed E-state index contributed by atoms with van der Waals surface area (Å²) in [5, 5.41) is 3.21. The number of rotatable bonds is 4. The maximum atomic E-state index is 13.1. The summed E-state index contributed by atoms with van der Waals surface area (Å²) in [6.45, 7) is 5.94. The van der Waals surface area contributed by atoms with E-state index in [9.17, 15) is 8.78 Å². The minimum atomic E-state index is -0.778. The predicted molar refractivity (Wildman–Crippen MR) is 68.3 cm³/mol. The predicted octanol–water partition coefficient (Wildman–Crippen LogP) is 2.40. The maximum Gasteiger partial charge on any atom is 0.159 e. The van der Waals surface area contributed by atoms with Crippen LogP contribution in [0.15, 0.2) is 18.2 Å². The van der Waals surface area contributed by atoms with Gasteiger partial charge in [-0.15, -0.1) is 0 Å². The zero-order chi connectivity index (χ0) is 13.2. The van der Waals surface area contributed by atoms with Gasteiger partial charge in [0, 0.05) is 19.6 Å². The average Bonchev–Trinajstić information content (AvgIpc) is 2.66. The Labute approximate surface area is 107 Å². The van der Waals surface area contributed by atoms with Crippen molar-refractivity contribution in [3.05, 3.63) is 35.4 Å². The summed E-state index contributed by atoms with van der Waals surface area (Å²) in [5.41, 5.74) is 1.12. The van der Waals surface area contributed by atoms with Gasteiger partial charge in [0.15, 0.2) is 11.6 Å². The summed E-state index contributed by atoms with van der Waals surface area (Å²) in [4.78, 5) is 2.30. The van der Waals surface area contributed by atoms with E-state index in [4.69, 9.17) is 0 Å². The lowest BCUT2D eigenvalue weighted by molar-refractivity contribution is 0.265. The monoisotopic (exact) mass is 254 g/mol. The van der Waals surface area contributed by atoms with Crippen LogP contribution in [0.3, 0.4) is 0 Å². The van der Waals surface area contributed by atoms with E-state index in [0.717, 1.165) is 31.6 Å². The quantitative estimate of drug-likeness (QED) is 0.887. The Morgan fingerprint density at radius 1 is 1.33 bits per heavy atom. The van der Waals surface area contributed by atoms with E-state index in [-0.39, 0.29) is 5.41 Å². The highest BCUT2D eigenvalue weighted by Crippen LogP contribution is 2.30. The number of hydrogen-bond acceptors (Lipinski definition) is 2. The first-order chi connectivity index (χ1) is 8.52. The third kappa shape index (κ3) is 3.06. The molecule has 18 heavy (non-hydrogen) atoms. The lowest BCUT2D eigenvalue weighted by Gasteiger charge is -2.24. The van der Waals surface area contributed by atoms with Gasteiger partial charge in [0.2, 0.25) is 0 Å². The highest BCUT2D eigenvalue weighted by atomic mass is 19.2. The molecule has 0 aromatic heterocycles. The molecule has 1 aromatic carbocycles. The first kappa shape index (κ1) is 13.4. The van der Waals surface area contributed by atoms with Crippen molar-refractivity contribution in [3.8, 4) is 0 Å². The summed E-state index contributed by atoms with van der Waals surface area (Å²) in [6.07, 6.45) is 1.14. The first-order valence-electron chi connectivity index (χ1n) is 6.33. The number of nitrogens with zero attached hydrogens (tertiary/aromatic N) is 1. The van der Waals surface area contributed by atoms with E-state index in [1.54, 1.807) is 6.07 Å². The lowest BCUT2D eigenvalue weighted by atomic mass is 9.90. The van der Waals surface area contributed by atoms with Crippen molar-refractivity contribution in [3.63, 3.8) is 0 Å². The van der Waals surface area contributed by atoms with Gasteiger partial charge in [0.25, 0.3) is 0 Å². The Hall–Kier alpha value is -1.00. The topological polar surface area (TPSA) is 15.3 Å². The van der Waals surface area contributed by atoms with Crippen LogP contribution in [0, 0.1) is 17.0 Å². The van der Waals surface area contributed by atoms with Crippen LogP contribution in [0.5, 0.6) is 0 Å². The van der Waals surface area contributed by atoms with E-state index >= 15 is 0 Å². The molecule has 100 valence electrons. The van der Waals surface area contributed by atoms with Crippen LogP contribution in [0.1, 0.15) is 18.9 Å². The molecule has 0 radical (unpaired) electrons. The Kier molecular flexibility index (Phi) is 3.97. The molecule has 0 aliphatic carbocycles. The van der Waals surface area contributed by atoms with Crippen LogP contribution >= 0.6 is 0 Å². The van der Waals surface area contributed by atoms with Gasteiger partial charge < -0.3 is 5.32 Å². The lowest BCUT2D eigenvalue weighted by Crippen LogP contribution is -2.32. The Bertz CT molecular complexity index is 422. The molecule has 0 bridgehead atoms. The molecule has 1 fully saturated rings. The molecule has 1 aromatic rings. The molecule has 2 rings (SSSR count). The van der Waals surface area contributed by atoms with Crippen molar-refractivity contribution >= 4 is 0 Å². The zero-order valence-corrected chi connectivity index (χ0v) is 11.0.